The largest absolute Gasteiger partial charge is 0.422 e. The number of hydrogen-bond acceptors (Lipinski definition) is 6. The SMILES string of the molecule is O=C1Cc2cc(CCc3cc(CCc4ccc5c(c4)oc(=O)c4cccnc45)cc(-c4ccccc4-c4ccc(-c5cc(-c6ccc(-c7ccccc7)cc6)ccn5)cc4)c3)ccc2-c2ncccc21. The number of rotatable bonds is 11. The molecule has 0 saturated heterocycles. The first-order valence-corrected chi connectivity index (χ1v) is 23.8. The van der Waals surface area contributed by atoms with Gasteiger partial charge in [-0.25, -0.2) is 4.79 Å². The minimum Gasteiger partial charge on any atom is -0.422 e. The van der Waals surface area contributed by atoms with E-state index in [1.165, 1.54) is 27.8 Å². The molecule has 0 fully saturated rings. The maximum absolute atomic E-state index is 13.1. The standard InChI is InChI=1S/C64H45N3O3/c68-60-40-52-35-41(18-28-55(52)62-56(60)12-6-31-66-62)14-16-43-34-44(17-15-42-19-29-57-61(38-42)70-64(69)58-13-7-32-67-63(57)58)37-51(36-43)54-11-5-4-10-53(54)48-24-26-49(27-25-48)59-39-50(30-33-65-59)47-22-20-46(21-23-47)45-8-2-1-3-9-45/h1-13,18-39H,14-17,40H2. The molecule has 334 valence electrons. The highest BCUT2D eigenvalue weighted by Gasteiger charge is 2.23. The fraction of sp³-hybridized carbons (Fsp3) is 0.0781. The monoisotopic (exact) mass is 903 g/mol. The normalized spacial score (nSPS) is 12.0. The van der Waals surface area contributed by atoms with E-state index in [-0.39, 0.29) is 11.4 Å². The third kappa shape index (κ3) is 8.41. The number of benzene rings is 7. The van der Waals surface area contributed by atoms with Crippen LogP contribution in [0.15, 0.2) is 222 Å². The van der Waals surface area contributed by atoms with Crippen LogP contribution in [-0.4, -0.2) is 20.7 Å². The molecule has 6 heteroatoms. The number of carbonyl (C=O) groups excluding carboxylic acids is 1. The minimum absolute atomic E-state index is 0.115. The number of Topliss-reactive ketones (excluding diaryl/α,β-unsaturated/α-hetero) is 1. The Labute approximate surface area is 405 Å². The van der Waals surface area contributed by atoms with Crippen LogP contribution in [0, 0.1) is 0 Å². The molecule has 0 atom stereocenters. The first-order chi connectivity index (χ1) is 34.5. The van der Waals surface area contributed by atoms with E-state index in [0.717, 1.165) is 98.1 Å². The molecular weight excluding hydrogens is 859 g/mol. The van der Waals surface area contributed by atoms with E-state index in [2.05, 4.69) is 162 Å². The summed E-state index contributed by atoms with van der Waals surface area (Å²) in [6, 6.07) is 67.6. The Hall–Kier alpha value is -8.87. The number of aromatic nitrogens is 3. The van der Waals surface area contributed by atoms with Crippen LogP contribution in [0.2, 0.25) is 0 Å². The fourth-order valence-electron chi connectivity index (χ4n) is 10.1. The van der Waals surface area contributed by atoms with E-state index in [1.807, 2.05) is 36.5 Å². The van der Waals surface area contributed by atoms with Gasteiger partial charge in [-0.2, -0.15) is 0 Å². The molecule has 7 aromatic carbocycles. The zero-order valence-corrected chi connectivity index (χ0v) is 38.3. The van der Waals surface area contributed by atoms with Gasteiger partial charge in [-0.15, -0.1) is 0 Å². The second-order valence-electron chi connectivity index (χ2n) is 18.1. The van der Waals surface area contributed by atoms with Crippen molar-refractivity contribution in [2.75, 3.05) is 0 Å². The molecule has 0 radical (unpaired) electrons. The van der Waals surface area contributed by atoms with Crippen molar-refractivity contribution in [3.8, 4) is 67.0 Å². The molecule has 11 aromatic rings. The highest BCUT2D eigenvalue weighted by Crippen LogP contribution is 2.37. The molecule has 0 amide bonds. The molecule has 70 heavy (non-hydrogen) atoms. The van der Waals surface area contributed by atoms with Gasteiger partial charge in [0.05, 0.1) is 22.3 Å². The lowest BCUT2D eigenvalue weighted by atomic mass is 9.86. The molecule has 12 rings (SSSR count). The lowest BCUT2D eigenvalue weighted by Crippen LogP contribution is -2.13. The number of carbonyl (C=O) groups is 1. The zero-order valence-electron chi connectivity index (χ0n) is 38.3. The van der Waals surface area contributed by atoms with Crippen LogP contribution in [0.3, 0.4) is 0 Å². The molecule has 1 aliphatic rings. The third-order valence-electron chi connectivity index (χ3n) is 13.7. The van der Waals surface area contributed by atoms with Crippen molar-refractivity contribution in [2.24, 2.45) is 0 Å². The van der Waals surface area contributed by atoms with Crippen LogP contribution in [-0.2, 0) is 32.1 Å². The highest BCUT2D eigenvalue weighted by atomic mass is 16.4. The van der Waals surface area contributed by atoms with E-state index in [4.69, 9.17) is 9.40 Å². The van der Waals surface area contributed by atoms with E-state index < -0.39 is 0 Å². The summed E-state index contributed by atoms with van der Waals surface area (Å²) in [6.07, 6.45) is 8.94. The maximum Gasteiger partial charge on any atom is 0.345 e. The van der Waals surface area contributed by atoms with Crippen molar-refractivity contribution < 1.29 is 9.21 Å². The van der Waals surface area contributed by atoms with Gasteiger partial charge in [0.15, 0.2) is 5.78 Å². The highest BCUT2D eigenvalue weighted by molar-refractivity contribution is 6.06. The Morgan fingerprint density at radius 2 is 1.00 bits per heavy atom. The molecule has 0 aliphatic heterocycles. The van der Waals surface area contributed by atoms with Crippen molar-refractivity contribution in [2.45, 2.75) is 32.1 Å². The number of hydrogen-bond donors (Lipinski definition) is 0. The van der Waals surface area contributed by atoms with Crippen molar-refractivity contribution in [1.82, 2.24) is 15.0 Å². The predicted molar refractivity (Wildman–Crippen MR) is 282 cm³/mol. The number of fused-ring (bicyclic) bond motifs is 6. The second-order valence-corrected chi connectivity index (χ2v) is 18.1. The summed E-state index contributed by atoms with van der Waals surface area (Å²) in [5, 5.41) is 1.31. The number of nitrogens with zero attached hydrogens (tertiary/aromatic N) is 3. The van der Waals surface area contributed by atoms with Crippen molar-refractivity contribution in [3.05, 3.63) is 257 Å². The van der Waals surface area contributed by atoms with Gasteiger partial charge in [-0.3, -0.25) is 19.7 Å². The molecule has 4 aromatic heterocycles. The number of ketones is 1. The van der Waals surface area contributed by atoms with Crippen LogP contribution in [0.1, 0.15) is 38.2 Å². The Morgan fingerprint density at radius 3 is 1.79 bits per heavy atom. The lowest BCUT2D eigenvalue weighted by Gasteiger charge is -2.19. The average Bonchev–Trinajstić information content (AvgIpc) is 3.42. The summed E-state index contributed by atoms with van der Waals surface area (Å²) in [4.78, 5) is 39.8. The minimum atomic E-state index is -0.377. The molecule has 0 saturated carbocycles. The van der Waals surface area contributed by atoms with Crippen LogP contribution < -0.4 is 5.63 Å². The summed E-state index contributed by atoms with van der Waals surface area (Å²) >= 11 is 0. The topological polar surface area (TPSA) is 86.0 Å². The Bertz CT molecular complexity index is 3840. The van der Waals surface area contributed by atoms with Crippen LogP contribution >= 0.6 is 0 Å². The molecule has 0 spiro atoms. The van der Waals surface area contributed by atoms with Gasteiger partial charge in [0.2, 0.25) is 0 Å². The number of pyridine rings is 3. The third-order valence-corrected chi connectivity index (χ3v) is 13.7. The molecule has 0 unspecified atom stereocenters. The summed E-state index contributed by atoms with van der Waals surface area (Å²) in [5.74, 6) is 0.115. The summed E-state index contributed by atoms with van der Waals surface area (Å²) < 4.78 is 5.80. The maximum atomic E-state index is 13.1. The first-order valence-electron chi connectivity index (χ1n) is 23.8. The van der Waals surface area contributed by atoms with E-state index in [1.54, 1.807) is 24.5 Å². The Kier molecular flexibility index (Phi) is 11.1. The molecule has 4 heterocycles. The van der Waals surface area contributed by atoms with Crippen molar-refractivity contribution >= 4 is 27.7 Å². The van der Waals surface area contributed by atoms with Crippen LogP contribution in [0.25, 0.3) is 88.9 Å². The van der Waals surface area contributed by atoms with E-state index in [0.29, 0.717) is 28.5 Å². The quantitative estimate of drug-likeness (QED) is 0.0949. The average molecular weight is 904 g/mol. The molecule has 0 N–H and O–H groups in total. The van der Waals surface area contributed by atoms with Gasteiger partial charge in [0, 0.05) is 47.1 Å². The molecule has 6 nitrogen and oxygen atoms in total. The second kappa shape index (κ2) is 18.3. The number of aryl methyl sites for hydroxylation is 4. The predicted octanol–water partition coefficient (Wildman–Crippen LogP) is 14.4. The summed E-state index contributed by atoms with van der Waals surface area (Å²) in [6.45, 7) is 0. The van der Waals surface area contributed by atoms with E-state index >= 15 is 0 Å². The van der Waals surface area contributed by atoms with Crippen LogP contribution in [0.5, 0.6) is 0 Å². The van der Waals surface area contributed by atoms with Gasteiger partial charge in [-0.1, -0.05) is 146 Å². The van der Waals surface area contributed by atoms with Gasteiger partial charge < -0.3 is 4.42 Å². The van der Waals surface area contributed by atoms with Crippen molar-refractivity contribution in [1.29, 1.82) is 0 Å². The molecular formula is C64H45N3O3. The fourth-order valence-corrected chi connectivity index (χ4v) is 10.1. The van der Waals surface area contributed by atoms with Gasteiger partial charge in [0.1, 0.15) is 5.58 Å². The summed E-state index contributed by atoms with van der Waals surface area (Å²) in [5.41, 5.74) is 20.3. The van der Waals surface area contributed by atoms with Crippen LogP contribution in [0.4, 0.5) is 0 Å². The summed E-state index contributed by atoms with van der Waals surface area (Å²) in [7, 11) is 0. The molecule has 0 bridgehead atoms. The first kappa shape index (κ1) is 42.5. The van der Waals surface area contributed by atoms with E-state index in [9.17, 15) is 9.59 Å². The lowest BCUT2D eigenvalue weighted by molar-refractivity contribution is 0.0991. The van der Waals surface area contributed by atoms with Gasteiger partial charge >= 0.3 is 5.63 Å². The van der Waals surface area contributed by atoms with Gasteiger partial charge in [-0.05, 0) is 147 Å². The Balaban J connectivity index is 0.844. The zero-order chi connectivity index (χ0) is 47.0. The van der Waals surface area contributed by atoms with Gasteiger partial charge in [0.25, 0.3) is 0 Å². The molecule has 1 aliphatic carbocycles. The Morgan fingerprint density at radius 1 is 0.386 bits per heavy atom. The smallest absolute Gasteiger partial charge is 0.345 e. The van der Waals surface area contributed by atoms with Crippen molar-refractivity contribution in [3.63, 3.8) is 0 Å².